The van der Waals surface area contributed by atoms with Crippen molar-refractivity contribution in [3.8, 4) is 0 Å². The molecule has 0 spiro atoms. The highest BCUT2D eigenvalue weighted by Crippen LogP contribution is 2.22. The number of aliphatic imine (C=N–C) groups is 1. The van der Waals surface area contributed by atoms with Gasteiger partial charge in [-0.3, -0.25) is 0 Å². The first-order chi connectivity index (χ1) is 7.74. The third kappa shape index (κ3) is 8.73. The van der Waals surface area contributed by atoms with Gasteiger partial charge in [0.25, 0.3) is 0 Å². The summed E-state index contributed by atoms with van der Waals surface area (Å²) in [7, 11) is 0. The van der Waals surface area contributed by atoms with Gasteiger partial charge in [0, 0.05) is 0 Å². The van der Waals surface area contributed by atoms with E-state index in [9.17, 15) is 0 Å². The van der Waals surface area contributed by atoms with Gasteiger partial charge in [0.1, 0.15) is 0 Å². The van der Waals surface area contributed by atoms with Gasteiger partial charge in [-0.15, -0.1) is 0 Å². The summed E-state index contributed by atoms with van der Waals surface area (Å²) >= 11 is 0. The largest absolute Gasteiger partial charge is 0.240 e. The summed E-state index contributed by atoms with van der Waals surface area (Å²) in [6, 6.07) is 0.465. The van der Waals surface area contributed by atoms with Crippen LogP contribution in [-0.4, -0.2) is 11.9 Å². The number of hydrogen-bond acceptors (Lipinski definition) is 1. The summed E-state index contributed by atoms with van der Waals surface area (Å²) in [5.74, 6) is 3.61. The van der Waals surface area contributed by atoms with Crippen LogP contribution in [0.15, 0.2) is 11.6 Å². The van der Waals surface area contributed by atoms with Crippen molar-refractivity contribution in [3.63, 3.8) is 0 Å². The maximum Gasteiger partial charge on any atom is 0.0591 e. The Morgan fingerprint density at radius 3 is 2.19 bits per heavy atom. The first-order valence-electron chi connectivity index (χ1n) is 6.96. The minimum absolute atomic E-state index is 0.465. The monoisotopic (exact) mass is 223 g/mol. The molecule has 0 heterocycles. The molecule has 1 aliphatic carbocycles. The van der Waals surface area contributed by atoms with Crippen LogP contribution in [0, 0.1) is 5.92 Å². The van der Waals surface area contributed by atoms with Crippen LogP contribution in [-0.2, 0) is 0 Å². The van der Waals surface area contributed by atoms with Gasteiger partial charge in [-0.25, -0.2) is 4.99 Å². The van der Waals surface area contributed by atoms with E-state index in [2.05, 4.69) is 38.2 Å². The molecule has 0 saturated heterocycles. The molecule has 0 aliphatic heterocycles. The van der Waals surface area contributed by atoms with E-state index in [0.29, 0.717) is 6.04 Å². The predicted octanol–water partition coefficient (Wildman–Crippen LogP) is 5.01. The number of rotatable bonds is 4. The summed E-state index contributed by atoms with van der Waals surface area (Å²) in [5, 5.41) is 0. The summed E-state index contributed by atoms with van der Waals surface area (Å²) in [6.07, 6.45) is 10.9. The molecular formula is C15H29N. The molecule has 1 fully saturated rings. The molecule has 0 aromatic rings. The van der Waals surface area contributed by atoms with Crippen molar-refractivity contribution in [1.82, 2.24) is 0 Å². The molecule has 1 aliphatic rings. The van der Waals surface area contributed by atoms with Crippen LogP contribution in [0.25, 0.3) is 0 Å². The summed E-state index contributed by atoms with van der Waals surface area (Å²) < 4.78 is 0. The van der Waals surface area contributed by atoms with Crippen LogP contribution < -0.4 is 0 Å². The van der Waals surface area contributed by atoms with Crippen LogP contribution >= 0.6 is 0 Å². The smallest absolute Gasteiger partial charge is 0.0591 e. The molecule has 0 N–H and O–H groups in total. The first kappa shape index (κ1) is 15.4. The van der Waals surface area contributed by atoms with Crippen molar-refractivity contribution >= 4 is 5.87 Å². The Kier molecular flexibility index (Phi) is 10.6. The standard InChI is InChI=1S/C8H15N.C7H14/c1-4-7-8(5-2)9-6-3;1-7-5-3-2-4-6-7/h8H,3-5,7H2,1-2H3;7H,2-6H2,1H3. The van der Waals surface area contributed by atoms with Gasteiger partial charge in [-0.1, -0.05) is 59.3 Å². The zero-order chi connectivity index (χ0) is 12.2. The lowest BCUT2D eigenvalue weighted by Gasteiger charge is -2.15. The molecule has 94 valence electrons. The average Bonchev–Trinajstić information content (AvgIpc) is 2.30. The highest BCUT2D eigenvalue weighted by molar-refractivity contribution is 5.46. The van der Waals surface area contributed by atoms with Crippen molar-refractivity contribution in [1.29, 1.82) is 0 Å². The fourth-order valence-electron chi connectivity index (χ4n) is 2.13. The topological polar surface area (TPSA) is 12.4 Å². The van der Waals surface area contributed by atoms with Gasteiger partial charge in [0.05, 0.1) is 6.04 Å². The van der Waals surface area contributed by atoms with E-state index in [1.807, 2.05) is 0 Å². The Labute approximate surface area is 102 Å². The molecule has 0 bridgehead atoms. The predicted molar refractivity (Wildman–Crippen MR) is 74.3 cm³/mol. The van der Waals surface area contributed by atoms with Crippen molar-refractivity contribution in [2.45, 2.75) is 78.2 Å². The fourth-order valence-corrected chi connectivity index (χ4v) is 2.13. The van der Waals surface area contributed by atoms with Crippen molar-refractivity contribution < 1.29 is 0 Å². The quantitative estimate of drug-likeness (QED) is 0.594. The van der Waals surface area contributed by atoms with E-state index < -0.39 is 0 Å². The molecule has 1 unspecified atom stereocenters. The van der Waals surface area contributed by atoms with E-state index in [4.69, 9.17) is 0 Å². The van der Waals surface area contributed by atoms with Crippen molar-refractivity contribution in [2.24, 2.45) is 10.9 Å². The maximum absolute atomic E-state index is 4.07. The molecule has 0 amide bonds. The number of nitrogens with zero attached hydrogens (tertiary/aromatic N) is 1. The van der Waals surface area contributed by atoms with Crippen LogP contribution in [0.1, 0.15) is 72.1 Å². The third-order valence-corrected chi connectivity index (χ3v) is 3.26. The minimum atomic E-state index is 0.465. The second-order valence-corrected chi connectivity index (χ2v) is 4.88. The zero-order valence-corrected chi connectivity index (χ0v) is 11.5. The van der Waals surface area contributed by atoms with Gasteiger partial charge < -0.3 is 0 Å². The minimum Gasteiger partial charge on any atom is -0.240 e. The molecular weight excluding hydrogens is 194 g/mol. The summed E-state index contributed by atoms with van der Waals surface area (Å²) in [5.41, 5.74) is 0. The maximum atomic E-state index is 4.07. The molecule has 16 heavy (non-hydrogen) atoms. The summed E-state index contributed by atoms with van der Waals surface area (Å²) in [4.78, 5) is 4.07. The highest BCUT2D eigenvalue weighted by atomic mass is 14.7. The van der Waals surface area contributed by atoms with E-state index in [1.54, 1.807) is 0 Å². The van der Waals surface area contributed by atoms with Crippen LogP contribution in [0.4, 0.5) is 0 Å². The van der Waals surface area contributed by atoms with Crippen molar-refractivity contribution in [3.05, 3.63) is 6.58 Å². The van der Waals surface area contributed by atoms with E-state index in [1.165, 1.54) is 44.9 Å². The average molecular weight is 223 g/mol. The van der Waals surface area contributed by atoms with Gasteiger partial charge >= 0.3 is 0 Å². The Balaban J connectivity index is 0.000000288. The third-order valence-electron chi connectivity index (χ3n) is 3.26. The second-order valence-electron chi connectivity index (χ2n) is 4.88. The molecule has 0 aromatic carbocycles. The summed E-state index contributed by atoms with van der Waals surface area (Å²) in [6.45, 7) is 10.1. The van der Waals surface area contributed by atoms with Gasteiger partial charge in [-0.05, 0) is 31.2 Å². The Hall–Kier alpha value is -0.550. The second kappa shape index (κ2) is 11.0. The molecule has 0 aromatic heterocycles. The molecule has 0 radical (unpaired) electrons. The Morgan fingerprint density at radius 2 is 1.88 bits per heavy atom. The van der Waals surface area contributed by atoms with Crippen LogP contribution in [0.2, 0.25) is 0 Å². The molecule has 1 nitrogen and oxygen atoms in total. The van der Waals surface area contributed by atoms with Crippen molar-refractivity contribution in [2.75, 3.05) is 0 Å². The van der Waals surface area contributed by atoms with E-state index >= 15 is 0 Å². The normalized spacial score (nSPS) is 17.9. The Morgan fingerprint density at radius 1 is 1.25 bits per heavy atom. The molecule has 1 heteroatoms. The van der Waals surface area contributed by atoms with Gasteiger partial charge in [-0.2, -0.15) is 0 Å². The zero-order valence-electron chi connectivity index (χ0n) is 11.5. The molecule has 1 atom stereocenters. The Bertz CT molecular complexity index is 186. The van der Waals surface area contributed by atoms with E-state index in [0.717, 1.165) is 12.3 Å². The molecule has 1 rings (SSSR count). The van der Waals surface area contributed by atoms with Crippen LogP contribution in [0.3, 0.4) is 0 Å². The lowest BCUT2D eigenvalue weighted by Crippen LogP contribution is -1.99. The van der Waals surface area contributed by atoms with Gasteiger partial charge in [0.15, 0.2) is 0 Å². The lowest BCUT2D eigenvalue weighted by molar-refractivity contribution is 0.385. The molecule has 1 saturated carbocycles. The number of hydrogen-bond donors (Lipinski definition) is 0. The van der Waals surface area contributed by atoms with Gasteiger partial charge in [0.2, 0.25) is 0 Å². The highest BCUT2D eigenvalue weighted by Gasteiger charge is 2.05. The lowest BCUT2D eigenvalue weighted by atomic mass is 9.91. The first-order valence-corrected chi connectivity index (χ1v) is 6.96. The van der Waals surface area contributed by atoms with Crippen LogP contribution in [0.5, 0.6) is 0 Å². The van der Waals surface area contributed by atoms with E-state index in [-0.39, 0.29) is 0 Å². The SMILES string of the molecule is C=C=NC(CC)CCC.CC1CCCCC1. The fraction of sp³-hybridized carbons (Fsp3) is 0.867.